The fraction of sp³-hybridized carbons (Fsp3) is 1.00. The summed E-state index contributed by atoms with van der Waals surface area (Å²) in [7, 11) is 0. The molecule has 0 unspecified atom stereocenters. The molecule has 4 saturated heterocycles. The van der Waals surface area contributed by atoms with Crippen molar-refractivity contribution in [2.45, 2.75) is 189 Å². The van der Waals surface area contributed by atoms with Crippen molar-refractivity contribution < 1.29 is 34.3 Å². The molecule has 4 heterocycles. The Morgan fingerprint density at radius 3 is 2.05 bits per heavy atom. The number of rotatable bonds is 7. The smallest absolute Gasteiger partial charge is 0.0923 e. The van der Waals surface area contributed by atoms with Crippen LogP contribution in [0.3, 0.4) is 0 Å². The van der Waals surface area contributed by atoms with Gasteiger partial charge in [0.25, 0.3) is 0 Å². The van der Waals surface area contributed by atoms with Crippen LogP contribution < -0.4 is 0 Å². The molecule has 0 radical (unpaired) electrons. The fourth-order valence-corrected chi connectivity index (χ4v) is 7.60. The van der Waals surface area contributed by atoms with Gasteiger partial charge in [-0.05, 0) is 120 Å². The summed E-state index contributed by atoms with van der Waals surface area (Å²) in [5.74, 6) is 0. The Kier molecular flexibility index (Phi) is 8.59. The van der Waals surface area contributed by atoms with Gasteiger partial charge in [0.1, 0.15) is 0 Å². The highest BCUT2D eigenvalue weighted by Gasteiger charge is 2.55. The Balaban J connectivity index is 1.33. The summed E-state index contributed by atoms with van der Waals surface area (Å²) in [6.07, 6.45) is 6.09. The second kappa shape index (κ2) is 10.5. The molecule has 0 aliphatic carbocycles. The Labute approximate surface area is 238 Å². The Morgan fingerprint density at radius 1 is 0.816 bits per heavy atom. The van der Waals surface area contributed by atoms with Crippen LogP contribution in [-0.2, 0) is 18.9 Å². The van der Waals surface area contributed by atoms with Gasteiger partial charge in [0, 0.05) is 4.83 Å². The normalized spacial score (nSPS) is 46.3. The summed E-state index contributed by atoms with van der Waals surface area (Å²) in [5, 5.41) is 32.9. The molecule has 38 heavy (non-hydrogen) atoms. The molecule has 3 N–H and O–H groups in total. The third-order valence-corrected chi connectivity index (χ3v) is 11.8. The SMILES string of the molecule is CC(C)(O)[C@H]1CC[C@](C)([C@H](O)CC[C@](C)(O)[C@H]2CC[C@H]3O[C@@H]([C@]4(C)CC[C@@H](Br)C(C)(C)O4)CC[C@]3(C)O2)O1. The molecule has 7 nitrogen and oxygen atoms in total. The maximum Gasteiger partial charge on any atom is 0.0923 e. The van der Waals surface area contributed by atoms with Gasteiger partial charge in [0.05, 0.1) is 64.1 Å². The lowest BCUT2D eigenvalue weighted by molar-refractivity contribution is -0.301. The summed E-state index contributed by atoms with van der Waals surface area (Å²) in [5.41, 5.74) is -3.78. The molecule has 0 amide bonds. The largest absolute Gasteiger partial charge is 0.390 e. The van der Waals surface area contributed by atoms with Gasteiger partial charge in [0.15, 0.2) is 0 Å². The molecule has 4 aliphatic rings. The van der Waals surface area contributed by atoms with Crippen LogP contribution in [-0.4, -0.2) is 84.3 Å². The lowest BCUT2D eigenvalue weighted by Crippen LogP contribution is -2.63. The molecule has 222 valence electrons. The Morgan fingerprint density at radius 2 is 1.45 bits per heavy atom. The van der Waals surface area contributed by atoms with Crippen LogP contribution in [0.25, 0.3) is 0 Å². The maximum absolute atomic E-state index is 11.5. The van der Waals surface area contributed by atoms with Gasteiger partial charge >= 0.3 is 0 Å². The van der Waals surface area contributed by atoms with Crippen molar-refractivity contribution in [3.63, 3.8) is 0 Å². The van der Waals surface area contributed by atoms with Crippen LogP contribution in [0.1, 0.15) is 120 Å². The van der Waals surface area contributed by atoms with E-state index in [9.17, 15) is 15.3 Å². The molecule has 4 fully saturated rings. The number of hydrogen-bond donors (Lipinski definition) is 3. The van der Waals surface area contributed by atoms with Crippen molar-refractivity contribution in [2.75, 3.05) is 0 Å². The lowest BCUT2D eigenvalue weighted by Gasteiger charge is -2.56. The van der Waals surface area contributed by atoms with Crippen LogP contribution >= 0.6 is 15.9 Å². The first-order valence-corrected chi connectivity index (χ1v) is 15.7. The van der Waals surface area contributed by atoms with E-state index in [0.29, 0.717) is 36.9 Å². The van der Waals surface area contributed by atoms with Crippen molar-refractivity contribution in [3.05, 3.63) is 0 Å². The topological polar surface area (TPSA) is 97.6 Å². The molecule has 0 aromatic carbocycles. The highest BCUT2D eigenvalue weighted by Crippen LogP contribution is 2.49. The average molecular weight is 606 g/mol. The number of alkyl halides is 1. The van der Waals surface area contributed by atoms with E-state index in [0.717, 1.165) is 32.1 Å². The monoisotopic (exact) mass is 604 g/mol. The number of hydrogen-bond acceptors (Lipinski definition) is 7. The molecular weight excluding hydrogens is 552 g/mol. The maximum atomic E-state index is 11.5. The highest BCUT2D eigenvalue weighted by atomic mass is 79.9. The fourth-order valence-electron chi connectivity index (χ4n) is 7.27. The molecular formula is C30H53BrO7. The van der Waals surface area contributed by atoms with E-state index in [1.807, 2.05) is 13.8 Å². The van der Waals surface area contributed by atoms with E-state index in [2.05, 4.69) is 43.6 Å². The lowest BCUT2D eigenvalue weighted by atomic mass is 9.75. The number of aliphatic hydroxyl groups excluding tert-OH is 1. The first-order chi connectivity index (χ1) is 17.3. The van der Waals surface area contributed by atoms with E-state index in [4.69, 9.17) is 18.9 Å². The number of ether oxygens (including phenoxy) is 4. The quantitative estimate of drug-likeness (QED) is 0.344. The van der Waals surface area contributed by atoms with Crippen LogP contribution in [0.15, 0.2) is 0 Å². The zero-order valence-corrected chi connectivity index (χ0v) is 26.5. The van der Waals surface area contributed by atoms with Gasteiger partial charge in [-0.1, -0.05) is 15.9 Å². The molecule has 4 rings (SSSR count). The summed E-state index contributed by atoms with van der Waals surface area (Å²) in [4.78, 5) is 0.335. The minimum atomic E-state index is -1.08. The average Bonchev–Trinajstić information content (AvgIpc) is 3.23. The molecule has 0 spiro atoms. The van der Waals surface area contributed by atoms with E-state index >= 15 is 0 Å². The molecule has 0 aromatic heterocycles. The van der Waals surface area contributed by atoms with Crippen molar-refractivity contribution in [1.29, 1.82) is 0 Å². The van der Waals surface area contributed by atoms with Gasteiger partial charge in [-0.2, -0.15) is 0 Å². The Bertz CT molecular complexity index is 843. The molecule has 8 heteroatoms. The zero-order valence-electron chi connectivity index (χ0n) is 24.9. The van der Waals surface area contributed by atoms with Crippen molar-refractivity contribution in [1.82, 2.24) is 0 Å². The van der Waals surface area contributed by atoms with E-state index < -0.39 is 28.5 Å². The number of halogens is 1. The minimum Gasteiger partial charge on any atom is -0.390 e. The summed E-state index contributed by atoms with van der Waals surface area (Å²) >= 11 is 3.79. The predicted octanol–water partition coefficient (Wildman–Crippen LogP) is 5.18. The van der Waals surface area contributed by atoms with Crippen molar-refractivity contribution in [3.8, 4) is 0 Å². The molecule has 0 aromatic rings. The zero-order chi connectivity index (χ0) is 28.4. The van der Waals surface area contributed by atoms with Gasteiger partial charge in [-0.15, -0.1) is 0 Å². The third kappa shape index (κ3) is 6.18. The second-order valence-electron chi connectivity index (χ2n) is 14.7. The number of fused-ring (bicyclic) bond motifs is 1. The Hall–Kier alpha value is 0.200. The summed E-state index contributed by atoms with van der Waals surface area (Å²) < 4.78 is 26.1. The minimum absolute atomic E-state index is 0.0236. The molecule has 10 atom stereocenters. The van der Waals surface area contributed by atoms with Gasteiger partial charge in [-0.3, -0.25) is 0 Å². The standard InChI is InChI=1S/C30H53BrO7/c1-25(2,33)21-13-17-28(6,36-21)20(32)12-15-27(5,34)22-9-10-23-29(7,37-22)18-14-24(35-23)30(8)16-11-19(31)26(3,4)38-30/h19-24,32-34H,9-18H2,1-8H3/t19-,20-,21-,22-,23-,24-,27+,28-,29+,30+/m1/s1. The van der Waals surface area contributed by atoms with Crippen molar-refractivity contribution >= 4 is 15.9 Å². The van der Waals surface area contributed by atoms with Crippen molar-refractivity contribution in [2.24, 2.45) is 0 Å². The van der Waals surface area contributed by atoms with Gasteiger partial charge in [-0.25, -0.2) is 0 Å². The molecule has 4 aliphatic heterocycles. The van der Waals surface area contributed by atoms with Crippen LogP contribution in [0.5, 0.6) is 0 Å². The predicted molar refractivity (Wildman–Crippen MR) is 151 cm³/mol. The number of aliphatic hydroxyl groups is 3. The van der Waals surface area contributed by atoms with E-state index in [1.165, 1.54) is 0 Å². The third-order valence-electron chi connectivity index (χ3n) is 10.3. The molecule has 0 bridgehead atoms. The highest BCUT2D eigenvalue weighted by molar-refractivity contribution is 9.09. The van der Waals surface area contributed by atoms with Crippen LogP contribution in [0.2, 0.25) is 0 Å². The molecule has 0 saturated carbocycles. The van der Waals surface area contributed by atoms with Gasteiger partial charge < -0.3 is 34.3 Å². The summed E-state index contributed by atoms with van der Waals surface area (Å²) in [6.45, 7) is 15.8. The van der Waals surface area contributed by atoms with Gasteiger partial charge in [0.2, 0.25) is 0 Å². The first kappa shape index (κ1) is 31.1. The second-order valence-corrected chi connectivity index (χ2v) is 15.8. The first-order valence-electron chi connectivity index (χ1n) is 14.8. The van der Waals surface area contributed by atoms with E-state index in [1.54, 1.807) is 13.8 Å². The van der Waals surface area contributed by atoms with E-state index in [-0.39, 0.29) is 35.6 Å². The van der Waals surface area contributed by atoms with Crippen LogP contribution in [0.4, 0.5) is 0 Å². The van der Waals surface area contributed by atoms with Crippen LogP contribution in [0, 0.1) is 0 Å². The summed E-state index contributed by atoms with van der Waals surface area (Å²) in [6, 6.07) is 0.